The van der Waals surface area contributed by atoms with Crippen molar-refractivity contribution in [1.29, 1.82) is 0 Å². The van der Waals surface area contributed by atoms with E-state index in [4.69, 9.17) is 11.6 Å². The van der Waals surface area contributed by atoms with E-state index in [1.54, 1.807) is 22.8 Å². The number of carbonyl (C=O) groups is 1. The van der Waals surface area contributed by atoms with Crippen LogP contribution in [0.2, 0.25) is 5.02 Å². The molecule has 3 aromatic rings. The van der Waals surface area contributed by atoms with Gasteiger partial charge in [-0.1, -0.05) is 22.9 Å². The van der Waals surface area contributed by atoms with Crippen LogP contribution in [0.4, 0.5) is 5.69 Å². The fourth-order valence-corrected chi connectivity index (χ4v) is 6.61. The monoisotopic (exact) mass is 493 g/mol. The minimum atomic E-state index is -3.61. The Morgan fingerprint density at radius 1 is 1.12 bits per heavy atom. The largest absolute Gasteiger partial charge is 0.326 e. The first-order chi connectivity index (χ1) is 15.2. The van der Waals surface area contributed by atoms with Crippen molar-refractivity contribution in [2.45, 2.75) is 37.6 Å². The lowest BCUT2D eigenvalue weighted by Crippen LogP contribution is -2.41. The van der Waals surface area contributed by atoms with E-state index < -0.39 is 10.0 Å². The third kappa shape index (κ3) is 4.47. The molecule has 0 atom stereocenters. The van der Waals surface area contributed by atoms with Crippen LogP contribution in [-0.4, -0.2) is 36.3 Å². The Morgan fingerprint density at radius 3 is 2.41 bits per heavy atom. The van der Waals surface area contributed by atoms with Gasteiger partial charge >= 0.3 is 4.87 Å². The maximum Gasteiger partial charge on any atom is 0.308 e. The molecule has 10 heteroatoms. The maximum absolute atomic E-state index is 12.8. The number of thiazole rings is 1. The topological polar surface area (TPSA) is 88.5 Å². The quantitative estimate of drug-likeness (QED) is 0.572. The van der Waals surface area contributed by atoms with Gasteiger partial charge in [-0.15, -0.1) is 0 Å². The van der Waals surface area contributed by atoms with E-state index in [-0.39, 0.29) is 40.7 Å². The van der Waals surface area contributed by atoms with Gasteiger partial charge in [0.25, 0.3) is 0 Å². The molecule has 1 amide bonds. The van der Waals surface area contributed by atoms with Crippen molar-refractivity contribution in [2.24, 2.45) is 5.92 Å². The molecule has 32 heavy (non-hydrogen) atoms. The normalized spacial score (nSPS) is 16.0. The lowest BCUT2D eigenvalue weighted by Gasteiger charge is -2.30. The van der Waals surface area contributed by atoms with E-state index in [0.29, 0.717) is 23.6 Å². The molecule has 0 unspecified atom stereocenters. The van der Waals surface area contributed by atoms with Crippen molar-refractivity contribution >= 4 is 54.8 Å². The molecule has 1 aliphatic rings. The van der Waals surface area contributed by atoms with Gasteiger partial charge < -0.3 is 5.32 Å². The smallest absolute Gasteiger partial charge is 0.308 e. The minimum absolute atomic E-state index is 0.0206. The highest BCUT2D eigenvalue weighted by atomic mass is 35.5. The van der Waals surface area contributed by atoms with Crippen molar-refractivity contribution in [3.63, 3.8) is 0 Å². The molecule has 0 radical (unpaired) electrons. The van der Waals surface area contributed by atoms with Crippen LogP contribution in [0.3, 0.4) is 0 Å². The highest BCUT2D eigenvalue weighted by Crippen LogP contribution is 2.27. The van der Waals surface area contributed by atoms with Gasteiger partial charge in [0.2, 0.25) is 15.9 Å². The number of hydrogen-bond donors (Lipinski definition) is 1. The first-order valence-electron chi connectivity index (χ1n) is 10.4. The lowest BCUT2D eigenvalue weighted by atomic mass is 9.97. The van der Waals surface area contributed by atoms with Gasteiger partial charge in [0.05, 0.1) is 15.1 Å². The maximum atomic E-state index is 12.8. The molecule has 1 N–H and O–H groups in total. The summed E-state index contributed by atoms with van der Waals surface area (Å²) in [5.74, 6) is -0.412. The summed E-state index contributed by atoms with van der Waals surface area (Å²) < 4.78 is 29.6. The van der Waals surface area contributed by atoms with Crippen LogP contribution >= 0.6 is 22.9 Å². The predicted octanol–water partition coefficient (Wildman–Crippen LogP) is 4.34. The number of carbonyl (C=O) groups excluding carboxylic acids is 1. The number of piperidine rings is 1. The molecule has 0 spiro atoms. The van der Waals surface area contributed by atoms with Crippen LogP contribution in [0.1, 0.15) is 32.7 Å². The fourth-order valence-electron chi connectivity index (χ4n) is 3.96. The SMILES string of the molecule is CC(C)n1c(=O)sc2cc(NC(=O)C3CCN(S(=O)(=O)c4ccc(Cl)cc4)CC3)ccc21. The molecule has 1 aromatic heterocycles. The van der Waals surface area contributed by atoms with Gasteiger partial charge in [-0.2, -0.15) is 4.31 Å². The number of aromatic nitrogens is 1. The molecule has 1 fully saturated rings. The Labute approximate surface area is 195 Å². The highest BCUT2D eigenvalue weighted by Gasteiger charge is 2.32. The fraction of sp³-hybridized carbons (Fsp3) is 0.364. The number of nitrogens with zero attached hydrogens (tertiary/aromatic N) is 2. The first kappa shape index (κ1) is 23.0. The van der Waals surface area contributed by atoms with Crippen molar-refractivity contribution in [3.8, 4) is 0 Å². The summed E-state index contributed by atoms with van der Waals surface area (Å²) in [4.78, 5) is 25.2. The van der Waals surface area contributed by atoms with Gasteiger partial charge in [0.15, 0.2) is 0 Å². The molecule has 0 saturated carbocycles. The van der Waals surface area contributed by atoms with E-state index in [9.17, 15) is 18.0 Å². The Balaban J connectivity index is 1.41. The van der Waals surface area contributed by atoms with Crippen molar-refractivity contribution < 1.29 is 13.2 Å². The number of hydrogen-bond acceptors (Lipinski definition) is 5. The van der Waals surface area contributed by atoms with Gasteiger partial charge in [0, 0.05) is 35.8 Å². The molecule has 170 valence electrons. The number of benzene rings is 2. The van der Waals surface area contributed by atoms with E-state index in [0.717, 1.165) is 21.6 Å². The number of anilines is 1. The average molecular weight is 494 g/mol. The molecule has 0 bridgehead atoms. The molecule has 7 nitrogen and oxygen atoms in total. The van der Waals surface area contributed by atoms with E-state index in [2.05, 4.69) is 5.32 Å². The van der Waals surface area contributed by atoms with Crippen LogP contribution in [0.25, 0.3) is 10.2 Å². The number of amides is 1. The van der Waals surface area contributed by atoms with Gasteiger partial charge in [0.1, 0.15) is 0 Å². The molecule has 4 rings (SSSR count). The van der Waals surface area contributed by atoms with E-state index in [1.165, 1.54) is 16.4 Å². The predicted molar refractivity (Wildman–Crippen MR) is 128 cm³/mol. The zero-order chi connectivity index (χ0) is 23.0. The molecule has 1 saturated heterocycles. The minimum Gasteiger partial charge on any atom is -0.326 e. The van der Waals surface area contributed by atoms with Crippen LogP contribution < -0.4 is 10.2 Å². The third-order valence-corrected chi connectivity index (χ3v) is 8.76. The Kier molecular flexibility index (Phi) is 6.44. The molecule has 2 heterocycles. The summed E-state index contributed by atoms with van der Waals surface area (Å²) in [6, 6.07) is 11.6. The standard InChI is InChI=1S/C22H24ClN3O4S2/c1-14(2)26-19-8-5-17(13-20(19)31-22(26)28)24-21(27)15-9-11-25(12-10-15)32(29,30)18-6-3-16(23)4-7-18/h3-8,13-15H,9-12H2,1-2H3,(H,24,27). The van der Waals surface area contributed by atoms with Crippen molar-refractivity contribution in [1.82, 2.24) is 8.87 Å². The van der Waals surface area contributed by atoms with Gasteiger partial charge in [-0.05, 0) is 69.2 Å². The van der Waals surface area contributed by atoms with Crippen LogP contribution in [-0.2, 0) is 14.8 Å². The van der Waals surface area contributed by atoms with Crippen molar-refractivity contribution in [3.05, 3.63) is 57.2 Å². The van der Waals surface area contributed by atoms with Crippen LogP contribution in [0.15, 0.2) is 52.2 Å². The van der Waals surface area contributed by atoms with Crippen LogP contribution in [0.5, 0.6) is 0 Å². The molecule has 0 aliphatic carbocycles. The average Bonchev–Trinajstić information content (AvgIpc) is 3.09. The summed E-state index contributed by atoms with van der Waals surface area (Å²) >= 11 is 7.01. The first-order valence-corrected chi connectivity index (χ1v) is 13.0. The Hall–Kier alpha value is -2.20. The summed E-state index contributed by atoms with van der Waals surface area (Å²) in [5, 5.41) is 3.40. The summed E-state index contributed by atoms with van der Waals surface area (Å²) in [7, 11) is -3.61. The Morgan fingerprint density at radius 2 is 1.78 bits per heavy atom. The number of rotatable bonds is 5. The van der Waals surface area contributed by atoms with E-state index in [1.807, 2.05) is 26.0 Å². The zero-order valence-corrected chi connectivity index (χ0v) is 20.1. The number of sulfonamides is 1. The summed E-state index contributed by atoms with van der Waals surface area (Å²) in [6.45, 7) is 4.48. The van der Waals surface area contributed by atoms with Gasteiger partial charge in [-0.3, -0.25) is 14.2 Å². The van der Waals surface area contributed by atoms with Crippen molar-refractivity contribution in [2.75, 3.05) is 18.4 Å². The molecular weight excluding hydrogens is 470 g/mol. The molecular formula is C22H24ClN3O4S2. The third-order valence-electron chi connectivity index (χ3n) is 5.67. The van der Waals surface area contributed by atoms with E-state index >= 15 is 0 Å². The number of fused-ring (bicyclic) bond motifs is 1. The summed E-state index contributed by atoms with van der Waals surface area (Å²) in [6.07, 6.45) is 0.885. The Bertz CT molecular complexity index is 1310. The van der Waals surface area contributed by atoms with Gasteiger partial charge in [-0.25, -0.2) is 8.42 Å². The second kappa shape index (κ2) is 8.97. The van der Waals surface area contributed by atoms with Crippen LogP contribution in [0, 0.1) is 5.92 Å². The second-order valence-electron chi connectivity index (χ2n) is 8.14. The lowest BCUT2D eigenvalue weighted by molar-refractivity contribution is -0.120. The summed E-state index contributed by atoms with van der Waals surface area (Å²) in [5.41, 5.74) is 1.49. The number of nitrogens with one attached hydrogen (secondary N) is 1. The number of halogens is 1. The zero-order valence-electron chi connectivity index (χ0n) is 17.7. The molecule has 1 aliphatic heterocycles. The molecule has 2 aromatic carbocycles. The second-order valence-corrected chi connectivity index (χ2v) is 11.5. The highest BCUT2D eigenvalue weighted by molar-refractivity contribution is 7.89.